The van der Waals surface area contributed by atoms with Crippen molar-refractivity contribution in [3.05, 3.63) is 69.8 Å². The number of hydrazine groups is 1. The zero-order valence-electron chi connectivity index (χ0n) is 15.2. The molecular formula is C19H20N4O5. The number of hydrogen-bond acceptors (Lipinski definition) is 5. The first-order chi connectivity index (χ1) is 13.4. The monoisotopic (exact) mass is 384 g/mol. The van der Waals surface area contributed by atoms with Crippen LogP contribution >= 0.6 is 0 Å². The van der Waals surface area contributed by atoms with Crippen LogP contribution in [0.2, 0.25) is 0 Å². The molecule has 9 heteroatoms. The molecule has 3 N–H and O–H groups in total. The van der Waals surface area contributed by atoms with Gasteiger partial charge in [0.2, 0.25) is 5.91 Å². The van der Waals surface area contributed by atoms with Crippen LogP contribution in [-0.4, -0.2) is 22.6 Å². The van der Waals surface area contributed by atoms with Crippen molar-refractivity contribution in [3.8, 4) is 0 Å². The summed E-state index contributed by atoms with van der Waals surface area (Å²) in [6.07, 6.45) is 2.17. The molecule has 0 atom stereocenters. The Kier molecular flexibility index (Phi) is 7.21. The van der Waals surface area contributed by atoms with Gasteiger partial charge in [0.15, 0.2) is 0 Å². The third kappa shape index (κ3) is 5.90. The van der Waals surface area contributed by atoms with Crippen molar-refractivity contribution in [2.24, 2.45) is 0 Å². The van der Waals surface area contributed by atoms with Crippen molar-refractivity contribution in [1.82, 2.24) is 10.9 Å². The van der Waals surface area contributed by atoms with Crippen LogP contribution in [0.25, 0.3) is 0 Å². The molecule has 0 saturated carbocycles. The summed E-state index contributed by atoms with van der Waals surface area (Å²) in [5.41, 5.74) is 5.39. The van der Waals surface area contributed by atoms with E-state index < -0.39 is 16.7 Å². The lowest BCUT2D eigenvalue weighted by molar-refractivity contribution is -0.384. The van der Waals surface area contributed by atoms with Crippen LogP contribution in [0.1, 0.15) is 46.9 Å². The van der Waals surface area contributed by atoms with Crippen LogP contribution in [0.4, 0.5) is 11.4 Å². The van der Waals surface area contributed by atoms with Crippen LogP contribution in [0, 0.1) is 10.1 Å². The van der Waals surface area contributed by atoms with Crippen LogP contribution < -0.4 is 16.2 Å². The Morgan fingerprint density at radius 1 is 0.893 bits per heavy atom. The summed E-state index contributed by atoms with van der Waals surface area (Å²) in [4.78, 5) is 45.8. The fraction of sp³-hybridized carbons (Fsp3) is 0.211. The predicted molar refractivity (Wildman–Crippen MR) is 103 cm³/mol. The lowest BCUT2D eigenvalue weighted by Crippen LogP contribution is -2.41. The van der Waals surface area contributed by atoms with E-state index in [-0.39, 0.29) is 22.7 Å². The fourth-order valence-electron chi connectivity index (χ4n) is 2.26. The van der Waals surface area contributed by atoms with E-state index in [4.69, 9.17) is 0 Å². The maximum Gasteiger partial charge on any atom is 0.269 e. The largest absolute Gasteiger partial charge is 0.326 e. The second-order valence-corrected chi connectivity index (χ2v) is 5.94. The van der Waals surface area contributed by atoms with Crippen molar-refractivity contribution < 1.29 is 19.3 Å². The zero-order valence-corrected chi connectivity index (χ0v) is 15.2. The van der Waals surface area contributed by atoms with Crippen molar-refractivity contribution in [3.63, 3.8) is 0 Å². The quantitative estimate of drug-likeness (QED) is 0.499. The summed E-state index contributed by atoms with van der Waals surface area (Å²) in [7, 11) is 0. The molecule has 2 rings (SSSR count). The van der Waals surface area contributed by atoms with Gasteiger partial charge in [0, 0.05) is 35.4 Å². The van der Waals surface area contributed by atoms with Gasteiger partial charge in [-0.25, -0.2) is 0 Å². The molecule has 0 aliphatic rings. The molecule has 2 aromatic rings. The minimum absolute atomic E-state index is 0.0885. The molecule has 28 heavy (non-hydrogen) atoms. The lowest BCUT2D eigenvalue weighted by atomic mass is 10.2. The number of carbonyl (C=O) groups excluding carboxylic acids is 3. The molecule has 0 aromatic heterocycles. The Balaban J connectivity index is 1.87. The van der Waals surface area contributed by atoms with E-state index in [9.17, 15) is 24.5 Å². The van der Waals surface area contributed by atoms with E-state index in [1.165, 1.54) is 36.4 Å². The Hall–Kier alpha value is -3.75. The van der Waals surface area contributed by atoms with Crippen LogP contribution in [0.3, 0.4) is 0 Å². The van der Waals surface area contributed by atoms with E-state index in [0.29, 0.717) is 12.1 Å². The number of nitro benzene ring substituents is 1. The van der Waals surface area contributed by atoms with Crippen molar-refractivity contribution in [2.75, 3.05) is 5.32 Å². The molecule has 0 aliphatic carbocycles. The molecule has 0 aliphatic heterocycles. The van der Waals surface area contributed by atoms with Crippen molar-refractivity contribution in [1.29, 1.82) is 0 Å². The van der Waals surface area contributed by atoms with Gasteiger partial charge < -0.3 is 5.32 Å². The number of carbonyl (C=O) groups is 3. The standard InChI is InChI=1S/C19H20N4O5/c1-2-3-4-17(24)20-15-9-5-13(6-10-15)18(25)21-22-19(26)14-7-11-16(12-8-14)23(27)28/h5-12H,2-4H2,1H3,(H,20,24)(H,21,25)(H,22,26). The Labute approximate surface area is 161 Å². The van der Waals surface area contributed by atoms with E-state index >= 15 is 0 Å². The van der Waals surface area contributed by atoms with Gasteiger partial charge in [-0.05, 0) is 42.8 Å². The maximum absolute atomic E-state index is 12.1. The first kappa shape index (κ1) is 20.6. The van der Waals surface area contributed by atoms with Gasteiger partial charge in [-0.1, -0.05) is 13.3 Å². The van der Waals surface area contributed by atoms with Crippen molar-refractivity contribution >= 4 is 29.1 Å². The molecule has 146 valence electrons. The fourth-order valence-corrected chi connectivity index (χ4v) is 2.26. The molecule has 0 heterocycles. The van der Waals surface area contributed by atoms with Gasteiger partial charge in [-0.2, -0.15) is 0 Å². The van der Waals surface area contributed by atoms with Gasteiger partial charge in [-0.3, -0.25) is 35.3 Å². The van der Waals surface area contributed by atoms with Crippen LogP contribution in [0.15, 0.2) is 48.5 Å². The molecule has 0 spiro atoms. The highest BCUT2D eigenvalue weighted by Gasteiger charge is 2.11. The minimum Gasteiger partial charge on any atom is -0.326 e. The minimum atomic E-state index is -0.608. The summed E-state index contributed by atoms with van der Waals surface area (Å²) < 4.78 is 0. The number of nitrogens with zero attached hydrogens (tertiary/aromatic N) is 1. The third-order valence-electron chi connectivity index (χ3n) is 3.82. The summed E-state index contributed by atoms with van der Waals surface area (Å²) in [5, 5.41) is 13.3. The molecule has 0 unspecified atom stereocenters. The third-order valence-corrected chi connectivity index (χ3v) is 3.82. The van der Waals surface area contributed by atoms with E-state index in [1.807, 2.05) is 6.92 Å². The topological polar surface area (TPSA) is 130 Å². The number of amides is 3. The Morgan fingerprint density at radius 2 is 1.39 bits per heavy atom. The number of anilines is 1. The number of non-ortho nitro benzene ring substituents is 1. The van der Waals surface area contributed by atoms with E-state index in [2.05, 4.69) is 16.2 Å². The number of unbranched alkanes of at least 4 members (excludes halogenated alkanes) is 1. The summed E-state index contributed by atoms with van der Waals surface area (Å²) >= 11 is 0. The zero-order chi connectivity index (χ0) is 20.5. The van der Waals surface area contributed by atoms with Crippen LogP contribution in [-0.2, 0) is 4.79 Å². The SMILES string of the molecule is CCCCC(=O)Nc1ccc(C(=O)NNC(=O)c2ccc([N+](=O)[O-])cc2)cc1. The van der Waals surface area contributed by atoms with E-state index in [1.54, 1.807) is 12.1 Å². The first-order valence-corrected chi connectivity index (χ1v) is 8.65. The molecule has 0 fully saturated rings. The lowest BCUT2D eigenvalue weighted by Gasteiger charge is -2.09. The van der Waals surface area contributed by atoms with Gasteiger partial charge in [0.25, 0.3) is 17.5 Å². The molecule has 0 bridgehead atoms. The number of nitrogens with one attached hydrogen (secondary N) is 3. The average molecular weight is 384 g/mol. The summed E-state index contributed by atoms with van der Waals surface area (Å²) in [5.74, 6) is -1.24. The Bertz CT molecular complexity index is 863. The average Bonchev–Trinajstić information content (AvgIpc) is 2.70. The predicted octanol–water partition coefficient (Wildman–Crippen LogP) is 2.80. The van der Waals surface area contributed by atoms with Crippen molar-refractivity contribution in [2.45, 2.75) is 26.2 Å². The molecule has 2 aromatic carbocycles. The maximum atomic E-state index is 12.1. The second-order valence-electron chi connectivity index (χ2n) is 5.94. The van der Waals surface area contributed by atoms with Gasteiger partial charge >= 0.3 is 0 Å². The van der Waals surface area contributed by atoms with Gasteiger partial charge in [-0.15, -0.1) is 0 Å². The van der Waals surface area contributed by atoms with E-state index in [0.717, 1.165) is 12.8 Å². The van der Waals surface area contributed by atoms with Gasteiger partial charge in [0.1, 0.15) is 0 Å². The number of hydrogen-bond donors (Lipinski definition) is 3. The molecule has 0 radical (unpaired) electrons. The highest BCUT2D eigenvalue weighted by molar-refractivity contribution is 5.99. The number of rotatable bonds is 7. The normalized spacial score (nSPS) is 10.0. The smallest absolute Gasteiger partial charge is 0.269 e. The molecule has 0 saturated heterocycles. The first-order valence-electron chi connectivity index (χ1n) is 8.65. The highest BCUT2D eigenvalue weighted by atomic mass is 16.6. The highest BCUT2D eigenvalue weighted by Crippen LogP contribution is 2.12. The molecule has 9 nitrogen and oxygen atoms in total. The summed E-state index contributed by atoms with van der Waals surface area (Å²) in [6.45, 7) is 2.00. The number of benzene rings is 2. The summed E-state index contributed by atoms with van der Waals surface area (Å²) in [6, 6.07) is 11.2. The van der Waals surface area contributed by atoms with Crippen LogP contribution in [0.5, 0.6) is 0 Å². The molecular weight excluding hydrogens is 364 g/mol. The number of nitro groups is 1. The second kappa shape index (κ2) is 9.81. The Morgan fingerprint density at radius 3 is 1.86 bits per heavy atom. The molecule has 3 amide bonds. The van der Waals surface area contributed by atoms with Gasteiger partial charge in [0.05, 0.1) is 4.92 Å².